The predicted octanol–water partition coefficient (Wildman–Crippen LogP) is 1.47. The van der Waals surface area contributed by atoms with Gasteiger partial charge in [-0.15, -0.1) is 0 Å². The topological polar surface area (TPSA) is 55.8 Å². The summed E-state index contributed by atoms with van der Waals surface area (Å²) in [6, 6.07) is 7.46. The van der Waals surface area contributed by atoms with E-state index in [4.69, 9.17) is 9.47 Å². The van der Waals surface area contributed by atoms with Gasteiger partial charge in [-0.05, 0) is 19.1 Å². The zero-order valence-electron chi connectivity index (χ0n) is 11.0. The van der Waals surface area contributed by atoms with Crippen LogP contribution in [0.1, 0.15) is 12.0 Å². The Morgan fingerprint density at radius 1 is 1.22 bits per heavy atom. The van der Waals surface area contributed by atoms with Crippen molar-refractivity contribution in [1.29, 1.82) is 0 Å². The molecule has 5 heteroatoms. The van der Waals surface area contributed by atoms with Crippen LogP contribution in [0.5, 0.6) is 0 Å². The Bertz CT molecular complexity index is 373. The van der Waals surface area contributed by atoms with Crippen molar-refractivity contribution in [2.75, 3.05) is 20.0 Å². The van der Waals surface area contributed by atoms with E-state index in [0.717, 1.165) is 10.5 Å². The summed E-state index contributed by atoms with van der Waals surface area (Å²) in [4.78, 5) is 0.728. The van der Waals surface area contributed by atoms with E-state index in [-0.39, 0.29) is 5.75 Å². The summed E-state index contributed by atoms with van der Waals surface area (Å²) in [5, 5.41) is 9.82. The summed E-state index contributed by atoms with van der Waals surface area (Å²) in [6.45, 7) is 1.98. The van der Waals surface area contributed by atoms with Crippen molar-refractivity contribution in [2.24, 2.45) is 0 Å². The van der Waals surface area contributed by atoms with E-state index in [1.54, 1.807) is 0 Å². The van der Waals surface area contributed by atoms with Gasteiger partial charge in [0.05, 0.1) is 22.7 Å². The van der Waals surface area contributed by atoms with Crippen LogP contribution in [0.3, 0.4) is 0 Å². The van der Waals surface area contributed by atoms with Gasteiger partial charge in [-0.1, -0.05) is 17.7 Å². The van der Waals surface area contributed by atoms with Crippen molar-refractivity contribution in [3.63, 3.8) is 0 Å². The maximum atomic E-state index is 12.0. The van der Waals surface area contributed by atoms with Gasteiger partial charge < -0.3 is 14.6 Å². The molecule has 0 fully saturated rings. The number of hydrogen-bond acceptors (Lipinski definition) is 4. The number of benzene rings is 1. The number of aliphatic hydroxyl groups excluding tert-OH is 1. The lowest BCUT2D eigenvalue weighted by Gasteiger charge is -2.17. The molecule has 0 aromatic heterocycles. The molecule has 102 valence electrons. The fraction of sp³-hybridized carbons (Fsp3) is 0.538. The molecule has 0 saturated carbocycles. The van der Waals surface area contributed by atoms with Gasteiger partial charge in [-0.2, -0.15) is 0 Å². The molecule has 0 aliphatic heterocycles. The third-order valence-electron chi connectivity index (χ3n) is 2.62. The summed E-state index contributed by atoms with van der Waals surface area (Å²) >= 11 is 0. The first-order valence-electron chi connectivity index (χ1n) is 5.75. The van der Waals surface area contributed by atoms with Crippen LogP contribution >= 0.6 is 0 Å². The maximum absolute atomic E-state index is 12.0. The third-order valence-corrected chi connectivity index (χ3v) is 4.10. The summed E-state index contributed by atoms with van der Waals surface area (Å²) < 4.78 is 22.0. The Hall–Kier alpha value is -0.750. The minimum absolute atomic E-state index is 0.187. The summed E-state index contributed by atoms with van der Waals surface area (Å²) in [6.07, 6.45) is -0.864. The van der Waals surface area contributed by atoms with Gasteiger partial charge in [-0.3, -0.25) is 4.21 Å². The molecule has 1 aromatic rings. The highest BCUT2D eigenvalue weighted by molar-refractivity contribution is 7.85. The molecule has 0 spiro atoms. The van der Waals surface area contributed by atoms with Gasteiger partial charge in [0, 0.05) is 25.5 Å². The van der Waals surface area contributed by atoms with Crippen molar-refractivity contribution in [2.45, 2.75) is 30.6 Å². The van der Waals surface area contributed by atoms with Crippen LogP contribution in [0.2, 0.25) is 0 Å². The highest BCUT2D eigenvalue weighted by Gasteiger charge is 2.16. The van der Waals surface area contributed by atoms with E-state index in [1.807, 2.05) is 31.2 Å². The minimum atomic E-state index is -1.20. The van der Waals surface area contributed by atoms with Crippen molar-refractivity contribution in [3.8, 4) is 0 Å². The molecule has 4 nitrogen and oxygen atoms in total. The van der Waals surface area contributed by atoms with E-state index >= 15 is 0 Å². The van der Waals surface area contributed by atoms with Crippen LogP contribution < -0.4 is 0 Å². The molecule has 1 aromatic carbocycles. The quantitative estimate of drug-likeness (QED) is 0.764. The van der Waals surface area contributed by atoms with Crippen molar-refractivity contribution >= 4 is 10.8 Å². The standard InChI is InChI=1S/C13H20O4S/c1-10-4-6-12(7-5-10)18(15)9-11(14)8-13(16-2)17-3/h4-7,11,13-14H,8-9H2,1-3H3/t11-,18?/m1/s1. The average molecular weight is 272 g/mol. The number of aliphatic hydroxyl groups is 1. The van der Waals surface area contributed by atoms with Gasteiger partial charge in [0.15, 0.2) is 6.29 Å². The number of aryl methyl sites for hydroxylation is 1. The monoisotopic (exact) mass is 272 g/mol. The Balaban J connectivity index is 2.51. The van der Waals surface area contributed by atoms with Crippen LogP contribution in [0.4, 0.5) is 0 Å². The number of methoxy groups -OCH3 is 2. The molecule has 1 N–H and O–H groups in total. The summed E-state index contributed by atoms with van der Waals surface area (Å²) in [7, 11) is 1.82. The zero-order valence-corrected chi connectivity index (χ0v) is 11.8. The molecule has 1 rings (SSSR count). The van der Waals surface area contributed by atoms with E-state index in [2.05, 4.69) is 0 Å². The maximum Gasteiger partial charge on any atom is 0.159 e. The second-order valence-corrected chi connectivity index (χ2v) is 5.61. The lowest BCUT2D eigenvalue weighted by Crippen LogP contribution is -2.25. The van der Waals surface area contributed by atoms with Crippen molar-refractivity contribution < 1.29 is 18.8 Å². The predicted molar refractivity (Wildman–Crippen MR) is 70.9 cm³/mol. The molecule has 0 aliphatic rings. The second kappa shape index (κ2) is 7.63. The van der Waals surface area contributed by atoms with Crippen molar-refractivity contribution in [3.05, 3.63) is 29.8 Å². The molecule has 0 radical (unpaired) electrons. The minimum Gasteiger partial charge on any atom is -0.392 e. The fourth-order valence-electron chi connectivity index (χ4n) is 1.54. The Labute approximate surface area is 110 Å². The Morgan fingerprint density at radius 2 is 1.78 bits per heavy atom. The van der Waals surface area contributed by atoms with Gasteiger partial charge in [0.2, 0.25) is 0 Å². The lowest BCUT2D eigenvalue weighted by atomic mass is 10.2. The molecule has 2 atom stereocenters. The highest BCUT2D eigenvalue weighted by Crippen LogP contribution is 2.11. The number of rotatable bonds is 7. The van der Waals surface area contributed by atoms with Crippen LogP contribution in [-0.4, -0.2) is 41.7 Å². The normalized spacial score (nSPS) is 14.7. The van der Waals surface area contributed by atoms with E-state index in [0.29, 0.717) is 6.42 Å². The molecule has 0 amide bonds. The van der Waals surface area contributed by atoms with E-state index < -0.39 is 23.2 Å². The molecule has 18 heavy (non-hydrogen) atoms. The van der Waals surface area contributed by atoms with Crippen LogP contribution in [0.25, 0.3) is 0 Å². The van der Waals surface area contributed by atoms with E-state index in [9.17, 15) is 9.32 Å². The third kappa shape index (κ3) is 4.86. The number of ether oxygens (including phenoxy) is 2. The first-order valence-corrected chi connectivity index (χ1v) is 7.07. The van der Waals surface area contributed by atoms with Gasteiger partial charge in [0.25, 0.3) is 0 Å². The van der Waals surface area contributed by atoms with Crippen molar-refractivity contribution in [1.82, 2.24) is 0 Å². The van der Waals surface area contributed by atoms with Gasteiger partial charge >= 0.3 is 0 Å². The lowest BCUT2D eigenvalue weighted by molar-refractivity contribution is -0.120. The molecule has 1 unspecified atom stereocenters. The molecular weight excluding hydrogens is 252 g/mol. The summed E-state index contributed by atoms with van der Waals surface area (Å²) in [5.41, 5.74) is 1.12. The molecule has 0 saturated heterocycles. The molecule has 0 heterocycles. The second-order valence-electron chi connectivity index (χ2n) is 4.12. The van der Waals surface area contributed by atoms with Crippen LogP contribution in [0, 0.1) is 6.92 Å². The van der Waals surface area contributed by atoms with Crippen LogP contribution in [-0.2, 0) is 20.3 Å². The first kappa shape index (κ1) is 15.3. The van der Waals surface area contributed by atoms with Gasteiger partial charge in [-0.25, -0.2) is 0 Å². The SMILES string of the molecule is COC(C[C@@H](O)CS(=O)c1ccc(C)cc1)OC. The fourth-order valence-corrected chi connectivity index (χ4v) is 2.66. The molecule has 0 bridgehead atoms. The Morgan fingerprint density at radius 3 is 2.28 bits per heavy atom. The first-order chi connectivity index (χ1) is 8.56. The molecular formula is C13H20O4S. The van der Waals surface area contributed by atoms with E-state index in [1.165, 1.54) is 14.2 Å². The highest BCUT2D eigenvalue weighted by atomic mass is 32.2. The summed E-state index contributed by atoms with van der Waals surface area (Å²) in [5.74, 6) is 0.187. The Kier molecular flexibility index (Phi) is 6.49. The van der Waals surface area contributed by atoms with Gasteiger partial charge in [0.1, 0.15) is 0 Å². The largest absolute Gasteiger partial charge is 0.392 e. The smallest absolute Gasteiger partial charge is 0.159 e. The zero-order chi connectivity index (χ0) is 13.5. The molecule has 0 aliphatic carbocycles. The van der Waals surface area contributed by atoms with Crippen LogP contribution in [0.15, 0.2) is 29.2 Å². The number of hydrogen-bond donors (Lipinski definition) is 1. The average Bonchev–Trinajstić information content (AvgIpc) is 2.36.